The molecule has 1 aromatic rings. The molecule has 8 heteroatoms. The summed E-state index contributed by atoms with van der Waals surface area (Å²) in [6.45, 7) is 2.40. The Morgan fingerprint density at radius 2 is 2.32 bits per heavy atom. The van der Waals surface area contributed by atoms with Crippen LogP contribution in [0.1, 0.15) is 13.3 Å². The van der Waals surface area contributed by atoms with Crippen LogP contribution in [0.3, 0.4) is 0 Å². The second-order valence-corrected chi connectivity index (χ2v) is 6.60. The van der Waals surface area contributed by atoms with Crippen LogP contribution in [-0.2, 0) is 10.0 Å². The van der Waals surface area contributed by atoms with Gasteiger partial charge < -0.3 is 10.5 Å². The van der Waals surface area contributed by atoms with Crippen LogP contribution in [0, 0.1) is 5.92 Å². The summed E-state index contributed by atoms with van der Waals surface area (Å²) >= 11 is 0. The molecule has 0 aromatic carbocycles. The number of hydrazine groups is 1. The molecule has 0 spiro atoms. The third-order valence-corrected chi connectivity index (χ3v) is 5.30. The van der Waals surface area contributed by atoms with Crippen LogP contribution in [0.4, 0.5) is 5.82 Å². The summed E-state index contributed by atoms with van der Waals surface area (Å²) in [4.78, 5) is 3.91. The fourth-order valence-corrected chi connectivity index (χ4v) is 3.66. The molecule has 1 aliphatic rings. The van der Waals surface area contributed by atoms with Crippen molar-refractivity contribution < 1.29 is 13.5 Å². The van der Waals surface area contributed by atoms with Gasteiger partial charge >= 0.3 is 0 Å². The number of hydrogen-bond acceptors (Lipinski definition) is 6. The minimum atomic E-state index is -3.69. The van der Waals surface area contributed by atoms with Gasteiger partial charge in [-0.05, 0) is 24.5 Å². The molecule has 1 aromatic heterocycles. The molecule has 2 rings (SSSR count). The van der Waals surface area contributed by atoms with E-state index in [1.54, 1.807) is 0 Å². The number of β-amino-alcohol motifs (C(OH)–C–C–N with tert-alkyl or cyclic N) is 1. The smallest absolute Gasteiger partial charge is 0.246 e. The fraction of sp³-hybridized carbons (Fsp3) is 0.545. The molecular formula is C11H18N4O3S. The molecule has 0 saturated carbocycles. The minimum Gasteiger partial charge on any atom is -0.391 e. The minimum absolute atomic E-state index is 0.0271. The van der Waals surface area contributed by atoms with Gasteiger partial charge in [0.05, 0.1) is 6.10 Å². The molecular weight excluding hydrogens is 268 g/mol. The van der Waals surface area contributed by atoms with Crippen molar-refractivity contribution in [3.05, 3.63) is 18.3 Å². The largest absolute Gasteiger partial charge is 0.391 e. The molecule has 0 amide bonds. The Bertz CT molecular complexity index is 549. The first-order chi connectivity index (χ1) is 8.96. The van der Waals surface area contributed by atoms with Gasteiger partial charge in [0, 0.05) is 19.3 Å². The van der Waals surface area contributed by atoms with Crippen molar-refractivity contribution in [2.24, 2.45) is 11.8 Å². The molecule has 7 nitrogen and oxygen atoms in total. The third kappa shape index (κ3) is 2.71. The lowest BCUT2D eigenvalue weighted by Gasteiger charge is -2.33. The first-order valence-electron chi connectivity index (χ1n) is 6.06. The number of hydrogen-bond donors (Lipinski definition) is 3. The lowest BCUT2D eigenvalue weighted by atomic mass is 9.98. The number of anilines is 1. The molecule has 0 bridgehead atoms. The van der Waals surface area contributed by atoms with Crippen molar-refractivity contribution in [3.8, 4) is 0 Å². The molecule has 2 atom stereocenters. The number of nitrogens with one attached hydrogen (secondary N) is 1. The number of aromatic nitrogens is 1. The van der Waals surface area contributed by atoms with Crippen LogP contribution in [-0.4, -0.2) is 42.0 Å². The van der Waals surface area contributed by atoms with Crippen molar-refractivity contribution >= 4 is 15.8 Å². The van der Waals surface area contributed by atoms with E-state index in [-0.39, 0.29) is 23.2 Å². The van der Waals surface area contributed by atoms with Crippen molar-refractivity contribution in [2.75, 3.05) is 18.5 Å². The lowest BCUT2D eigenvalue weighted by Crippen LogP contribution is -2.45. The molecule has 4 N–H and O–H groups in total. The Balaban J connectivity index is 2.32. The summed E-state index contributed by atoms with van der Waals surface area (Å²) in [5.41, 5.74) is 2.28. The third-order valence-electron chi connectivity index (χ3n) is 3.41. The number of aliphatic hydroxyl groups excluding tert-OH is 1. The Morgan fingerprint density at radius 3 is 2.95 bits per heavy atom. The van der Waals surface area contributed by atoms with Crippen LogP contribution in [0.5, 0.6) is 0 Å². The summed E-state index contributed by atoms with van der Waals surface area (Å²) in [5, 5.41) is 9.82. The van der Waals surface area contributed by atoms with E-state index in [2.05, 4.69) is 10.4 Å². The van der Waals surface area contributed by atoms with E-state index in [0.29, 0.717) is 13.0 Å². The van der Waals surface area contributed by atoms with Gasteiger partial charge in [-0.1, -0.05) is 6.92 Å². The number of pyridine rings is 1. The summed E-state index contributed by atoms with van der Waals surface area (Å²) < 4.78 is 26.3. The highest BCUT2D eigenvalue weighted by Crippen LogP contribution is 2.26. The maximum atomic E-state index is 12.5. The van der Waals surface area contributed by atoms with E-state index >= 15 is 0 Å². The van der Waals surface area contributed by atoms with E-state index in [4.69, 9.17) is 5.84 Å². The van der Waals surface area contributed by atoms with Crippen LogP contribution >= 0.6 is 0 Å². The van der Waals surface area contributed by atoms with E-state index in [9.17, 15) is 13.5 Å². The van der Waals surface area contributed by atoms with Gasteiger partial charge in [0.1, 0.15) is 4.90 Å². The van der Waals surface area contributed by atoms with E-state index in [1.165, 1.54) is 22.6 Å². The van der Waals surface area contributed by atoms with Crippen molar-refractivity contribution in [1.82, 2.24) is 9.29 Å². The van der Waals surface area contributed by atoms with Crippen molar-refractivity contribution in [2.45, 2.75) is 24.3 Å². The van der Waals surface area contributed by atoms with Gasteiger partial charge in [0.15, 0.2) is 5.82 Å². The molecule has 0 radical (unpaired) electrons. The normalized spacial score (nSPS) is 25.2. The summed E-state index contributed by atoms with van der Waals surface area (Å²) in [6.07, 6.45) is 1.45. The zero-order chi connectivity index (χ0) is 14.0. The van der Waals surface area contributed by atoms with Gasteiger partial charge in [0.2, 0.25) is 10.0 Å². The highest BCUT2D eigenvalue weighted by atomic mass is 32.2. The summed E-state index contributed by atoms with van der Waals surface area (Å²) in [6, 6.07) is 2.98. The number of nitrogen functional groups attached to an aromatic ring is 1. The van der Waals surface area contributed by atoms with Crippen LogP contribution in [0.25, 0.3) is 0 Å². The van der Waals surface area contributed by atoms with Crippen LogP contribution < -0.4 is 11.3 Å². The van der Waals surface area contributed by atoms with Gasteiger partial charge in [-0.3, -0.25) is 0 Å². The molecule has 2 heterocycles. The first kappa shape index (κ1) is 14.2. The second kappa shape index (κ2) is 5.41. The van der Waals surface area contributed by atoms with Gasteiger partial charge in [-0.15, -0.1) is 0 Å². The van der Waals surface area contributed by atoms with Gasteiger partial charge in [-0.25, -0.2) is 19.2 Å². The van der Waals surface area contributed by atoms with Gasteiger partial charge in [0.25, 0.3) is 0 Å². The topological polar surface area (TPSA) is 109 Å². The number of nitrogens with zero attached hydrogens (tertiary/aromatic N) is 2. The Morgan fingerprint density at radius 1 is 1.58 bits per heavy atom. The maximum absolute atomic E-state index is 12.5. The quantitative estimate of drug-likeness (QED) is 0.522. The standard InChI is InChI=1S/C11H18N4O3S/c1-8-4-6-15(7-9(8)16)19(17,18)10-3-2-5-13-11(10)14-12/h2-3,5,8-9,16H,4,6-7,12H2,1H3,(H,13,14). The van der Waals surface area contributed by atoms with Crippen LogP contribution in [0.15, 0.2) is 23.2 Å². The van der Waals surface area contributed by atoms with Crippen LogP contribution in [0.2, 0.25) is 0 Å². The maximum Gasteiger partial charge on any atom is 0.246 e. The average Bonchev–Trinajstić information content (AvgIpc) is 2.41. The van der Waals surface area contributed by atoms with Crippen molar-refractivity contribution in [1.29, 1.82) is 0 Å². The number of sulfonamides is 1. The zero-order valence-electron chi connectivity index (χ0n) is 10.7. The van der Waals surface area contributed by atoms with Crippen molar-refractivity contribution in [3.63, 3.8) is 0 Å². The summed E-state index contributed by atoms with van der Waals surface area (Å²) in [7, 11) is -3.69. The van der Waals surface area contributed by atoms with Gasteiger partial charge in [-0.2, -0.15) is 4.31 Å². The molecule has 1 aliphatic heterocycles. The molecule has 1 saturated heterocycles. The molecule has 2 unspecified atom stereocenters. The summed E-state index contributed by atoms with van der Waals surface area (Å²) in [5.74, 6) is 5.49. The number of aliphatic hydroxyl groups is 1. The van der Waals surface area contributed by atoms with E-state index < -0.39 is 16.1 Å². The molecule has 106 valence electrons. The zero-order valence-corrected chi connectivity index (χ0v) is 11.5. The molecule has 19 heavy (non-hydrogen) atoms. The number of nitrogens with two attached hydrogens (primary N) is 1. The van der Waals surface area contributed by atoms with E-state index in [1.807, 2.05) is 6.92 Å². The number of rotatable bonds is 3. The predicted molar refractivity (Wildman–Crippen MR) is 70.6 cm³/mol. The number of piperidine rings is 1. The second-order valence-electron chi connectivity index (χ2n) is 4.69. The average molecular weight is 286 g/mol. The SMILES string of the molecule is CC1CCN(S(=O)(=O)c2cccnc2NN)CC1O. The highest BCUT2D eigenvalue weighted by molar-refractivity contribution is 7.89. The van der Waals surface area contributed by atoms with E-state index in [0.717, 1.165) is 0 Å². The lowest BCUT2D eigenvalue weighted by molar-refractivity contribution is 0.0605. The predicted octanol–water partition coefficient (Wildman–Crippen LogP) is -0.241. The highest BCUT2D eigenvalue weighted by Gasteiger charge is 2.34. The monoisotopic (exact) mass is 286 g/mol. The first-order valence-corrected chi connectivity index (χ1v) is 7.50. The molecule has 0 aliphatic carbocycles. The molecule has 1 fully saturated rings. The Labute approximate surface area is 112 Å². The Hall–Kier alpha value is -1.22. The fourth-order valence-electron chi connectivity index (χ4n) is 2.08. The Kier molecular flexibility index (Phi) is 4.04.